The lowest BCUT2D eigenvalue weighted by Gasteiger charge is -2.36. The van der Waals surface area contributed by atoms with Crippen molar-refractivity contribution in [1.29, 1.82) is 0 Å². The Morgan fingerprint density at radius 1 is 1.50 bits per heavy atom. The van der Waals surface area contributed by atoms with Crippen molar-refractivity contribution in [3.63, 3.8) is 0 Å². The molecule has 2 atom stereocenters. The predicted molar refractivity (Wildman–Crippen MR) is 60.1 cm³/mol. The van der Waals surface area contributed by atoms with Crippen LogP contribution in [0.2, 0.25) is 0 Å². The van der Waals surface area contributed by atoms with Gasteiger partial charge in [0.25, 0.3) is 0 Å². The van der Waals surface area contributed by atoms with Gasteiger partial charge in [-0.2, -0.15) is 0 Å². The van der Waals surface area contributed by atoms with Gasteiger partial charge in [-0.15, -0.1) is 0 Å². The van der Waals surface area contributed by atoms with Crippen molar-refractivity contribution in [3.05, 3.63) is 0 Å². The van der Waals surface area contributed by atoms with Gasteiger partial charge in [-0.25, -0.2) is 0 Å². The van der Waals surface area contributed by atoms with E-state index in [9.17, 15) is 9.59 Å². The number of hydrogen-bond acceptors (Lipinski definition) is 3. The Labute approximate surface area is 95.8 Å². The van der Waals surface area contributed by atoms with Gasteiger partial charge < -0.3 is 15.3 Å². The Bertz CT molecular complexity index is 296. The Balaban J connectivity index is 2.93. The first-order chi connectivity index (χ1) is 7.23. The summed E-state index contributed by atoms with van der Waals surface area (Å²) in [6.07, 6.45) is 0. The van der Waals surface area contributed by atoms with E-state index in [0.717, 1.165) is 0 Å². The Morgan fingerprint density at radius 2 is 2.06 bits per heavy atom. The Kier molecular flexibility index (Phi) is 3.57. The molecule has 1 heterocycles. The molecule has 0 spiro atoms. The van der Waals surface area contributed by atoms with Crippen LogP contribution in [-0.2, 0) is 9.59 Å². The molecule has 5 heteroatoms. The van der Waals surface area contributed by atoms with E-state index in [-0.39, 0.29) is 24.0 Å². The highest BCUT2D eigenvalue weighted by atomic mass is 16.4. The SMILES string of the molecule is CC1NCC(C(=O)O)CN(C(C)(C)C)C1=O. The minimum Gasteiger partial charge on any atom is -0.481 e. The zero-order valence-corrected chi connectivity index (χ0v) is 10.3. The fourth-order valence-corrected chi connectivity index (χ4v) is 1.78. The third-order valence-electron chi connectivity index (χ3n) is 2.87. The highest BCUT2D eigenvalue weighted by Crippen LogP contribution is 2.19. The molecular formula is C11H20N2O3. The number of hydrogen-bond donors (Lipinski definition) is 2. The van der Waals surface area contributed by atoms with Crippen molar-refractivity contribution in [3.8, 4) is 0 Å². The van der Waals surface area contributed by atoms with Crippen molar-refractivity contribution < 1.29 is 14.7 Å². The van der Waals surface area contributed by atoms with Gasteiger partial charge >= 0.3 is 5.97 Å². The molecule has 5 nitrogen and oxygen atoms in total. The maximum atomic E-state index is 12.0. The summed E-state index contributed by atoms with van der Waals surface area (Å²) in [5.41, 5.74) is -0.342. The summed E-state index contributed by atoms with van der Waals surface area (Å²) < 4.78 is 0. The fraction of sp³-hybridized carbons (Fsp3) is 0.818. The highest BCUT2D eigenvalue weighted by molar-refractivity contribution is 5.83. The van der Waals surface area contributed by atoms with Crippen molar-refractivity contribution in [2.24, 2.45) is 5.92 Å². The second kappa shape index (κ2) is 4.41. The number of nitrogens with one attached hydrogen (secondary N) is 1. The van der Waals surface area contributed by atoms with E-state index in [1.165, 1.54) is 0 Å². The fourth-order valence-electron chi connectivity index (χ4n) is 1.78. The molecule has 0 aromatic heterocycles. The van der Waals surface area contributed by atoms with Gasteiger partial charge in [-0.3, -0.25) is 9.59 Å². The molecule has 2 N–H and O–H groups in total. The van der Waals surface area contributed by atoms with Crippen LogP contribution in [0, 0.1) is 5.92 Å². The lowest BCUT2D eigenvalue weighted by molar-refractivity contribution is -0.144. The molecule has 0 aliphatic carbocycles. The van der Waals surface area contributed by atoms with E-state index < -0.39 is 11.9 Å². The van der Waals surface area contributed by atoms with E-state index in [1.807, 2.05) is 20.8 Å². The van der Waals surface area contributed by atoms with Crippen molar-refractivity contribution in [2.45, 2.75) is 39.3 Å². The molecule has 0 aromatic rings. The summed E-state index contributed by atoms with van der Waals surface area (Å²) in [7, 11) is 0. The van der Waals surface area contributed by atoms with E-state index in [4.69, 9.17) is 5.11 Å². The molecule has 0 bridgehead atoms. The van der Waals surface area contributed by atoms with Gasteiger partial charge in [0.05, 0.1) is 12.0 Å². The average Bonchev–Trinajstić information content (AvgIpc) is 2.27. The molecule has 1 saturated heterocycles. The molecule has 1 aliphatic heterocycles. The zero-order valence-electron chi connectivity index (χ0n) is 10.3. The average molecular weight is 228 g/mol. The first kappa shape index (κ1) is 13.0. The summed E-state index contributed by atoms with van der Waals surface area (Å²) >= 11 is 0. The number of carboxylic acid groups (broad SMARTS) is 1. The number of nitrogens with zero attached hydrogens (tertiary/aromatic N) is 1. The summed E-state index contributed by atoms with van der Waals surface area (Å²) in [6.45, 7) is 8.14. The second-order valence-electron chi connectivity index (χ2n) is 5.28. The summed E-state index contributed by atoms with van der Waals surface area (Å²) in [4.78, 5) is 24.7. The summed E-state index contributed by atoms with van der Waals surface area (Å²) in [5.74, 6) is -1.42. The lowest BCUT2D eigenvalue weighted by Crippen LogP contribution is -2.51. The Morgan fingerprint density at radius 3 is 2.50 bits per heavy atom. The monoisotopic (exact) mass is 228 g/mol. The molecule has 16 heavy (non-hydrogen) atoms. The molecule has 1 amide bonds. The molecule has 1 fully saturated rings. The number of rotatable bonds is 1. The normalized spacial score (nSPS) is 27.8. The van der Waals surface area contributed by atoms with E-state index in [1.54, 1.807) is 11.8 Å². The van der Waals surface area contributed by atoms with Gasteiger partial charge in [0, 0.05) is 18.6 Å². The molecule has 1 aliphatic rings. The van der Waals surface area contributed by atoms with Crippen LogP contribution in [0.3, 0.4) is 0 Å². The molecule has 0 aromatic carbocycles. The van der Waals surface area contributed by atoms with Crippen LogP contribution in [-0.4, -0.2) is 46.6 Å². The van der Waals surface area contributed by atoms with Gasteiger partial charge in [0.1, 0.15) is 0 Å². The molecular weight excluding hydrogens is 208 g/mol. The number of carbonyl (C=O) groups excluding carboxylic acids is 1. The lowest BCUT2D eigenvalue weighted by atomic mass is 10.0. The van der Waals surface area contributed by atoms with Crippen molar-refractivity contribution in [1.82, 2.24) is 10.2 Å². The smallest absolute Gasteiger partial charge is 0.309 e. The summed E-state index contributed by atoms with van der Waals surface area (Å²) in [5, 5.41) is 12.0. The first-order valence-corrected chi connectivity index (χ1v) is 5.51. The van der Waals surface area contributed by atoms with Crippen LogP contribution in [0.15, 0.2) is 0 Å². The van der Waals surface area contributed by atoms with Gasteiger partial charge in [0.15, 0.2) is 0 Å². The molecule has 92 valence electrons. The van der Waals surface area contributed by atoms with Crippen LogP contribution in [0.1, 0.15) is 27.7 Å². The van der Waals surface area contributed by atoms with Crippen molar-refractivity contribution >= 4 is 11.9 Å². The van der Waals surface area contributed by atoms with Crippen LogP contribution < -0.4 is 5.32 Å². The third kappa shape index (κ3) is 2.72. The maximum Gasteiger partial charge on any atom is 0.309 e. The minimum atomic E-state index is -0.858. The quantitative estimate of drug-likeness (QED) is 0.677. The third-order valence-corrected chi connectivity index (χ3v) is 2.87. The Hall–Kier alpha value is -1.10. The second-order valence-corrected chi connectivity index (χ2v) is 5.28. The predicted octanol–water partition coefficient (Wildman–Crippen LogP) is 0.306. The van der Waals surface area contributed by atoms with Gasteiger partial charge in [-0.05, 0) is 27.7 Å². The molecule has 2 unspecified atom stereocenters. The maximum absolute atomic E-state index is 12.0. The number of carbonyl (C=O) groups is 2. The van der Waals surface area contributed by atoms with Crippen LogP contribution in [0.4, 0.5) is 0 Å². The van der Waals surface area contributed by atoms with Gasteiger partial charge in [0.2, 0.25) is 5.91 Å². The van der Waals surface area contributed by atoms with Crippen LogP contribution >= 0.6 is 0 Å². The van der Waals surface area contributed by atoms with Crippen LogP contribution in [0.5, 0.6) is 0 Å². The van der Waals surface area contributed by atoms with E-state index >= 15 is 0 Å². The zero-order chi connectivity index (χ0) is 12.5. The minimum absolute atomic E-state index is 0.0312. The summed E-state index contributed by atoms with van der Waals surface area (Å²) in [6, 6.07) is -0.316. The van der Waals surface area contributed by atoms with E-state index in [0.29, 0.717) is 6.54 Å². The van der Waals surface area contributed by atoms with Crippen LogP contribution in [0.25, 0.3) is 0 Å². The number of amides is 1. The van der Waals surface area contributed by atoms with Crippen molar-refractivity contribution in [2.75, 3.05) is 13.1 Å². The van der Waals surface area contributed by atoms with E-state index in [2.05, 4.69) is 5.32 Å². The molecule has 0 saturated carbocycles. The van der Waals surface area contributed by atoms with Gasteiger partial charge in [-0.1, -0.05) is 0 Å². The molecule has 1 rings (SSSR count). The highest BCUT2D eigenvalue weighted by Gasteiger charge is 2.36. The first-order valence-electron chi connectivity index (χ1n) is 5.51. The standard InChI is InChI=1S/C11H20N2O3/c1-7-9(14)13(11(2,3)4)6-8(5-12-7)10(15)16/h7-8,12H,5-6H2,1-4H3,(H,15,16). The largest absolute Gasteiger partial charge is 0.481 e. The number of aliphatic carboxylic acids is 1. The number of carboxylic acids is 1. The molecule has 0 radical (unpaired) electrons. The topological polar surface area (TPSA) is 69.6 Å².